The number of carbonyl (C=O) groups excluding carboxylic acids is 1. The Bertz CT molecular complexity index is 983. The van der Waals surface area contributed by atoms with E-state index in [9.17, 15) is 9.59 Å². The lowest BCUT2D eigenvalue weighted by atomic mass is 10.1. The molecule has 0 aliphatic rings. The van der Waals surface area contributed by atoms with Crippen LogP contribution in [0, 0.1) is 0 Å². The summed E-state index contributed by atoms with van der Waals surface area (Å²) < 4.78 is 1.16. The Labute approximate surface area is 160 Å². The molecule has 0 saturated heterocycles. The summed E-state index contributed by atoms with van der Waals surface area (Å²) in [5, 5.41) is 7.84. The number of hydrogen-bond donors (Lipinski definition) is 1. The van der Waals surface area contributed by atoms with Gasteiger partial charge in [0.05, 0.1) is 5.69 Å². The molecule has 1 unspecified atom stereocenters. The van der Waals surface area contributed by atoms with E-state index in [0.717, 1.165) is 10.2 Å². The van der Waals surface area contributed by atoms with Crippen molar-refractivity contribution in [2.24, 2.45) is 0 Å². The molecule has 0 aliphatic heterocycles. The number of nitrogens with one attached hydrogen (secondary N) is 1. The van der Waals surface area contributed by atoms with Gasteiger partial charge in [0.15, 0.2) is 0 Å². The zero-order valence-corrected chi connectivity index (χ0v) is 15.3. The van der Waals surface area contributed by atoms with Crippen molar-refractivity contribution in [3.63, 3.8) is 0 Å². The first kappa shape index (κ1) is 18.2. The molecule has 3 aromatic rings. The minimum atomic E-state index is -0.816. The van der Waals surface area contributed by atoms with E-state index in [4.69, 9.17) is 23.2 Å². The van der Waals surface area contributed by atoms with E-state index in [1.54, 1.807) is 31.2 Å². The van der Waals surface area contributed by atoms with Gasteiger partial charge in [-0.25, -0.2) is 4.68 Å². The molecule has 26 heavy (non-hydrogen) atoms. The molecule has 1 atom stereocenters. The predicted molar refractivity (Wildman–Crippen MR) is 104 cm³/mol. The fraction of sp³-hybridized carbons (Fsp3) is 0.105. The van der Waals surface area contributed by atoms with Crippen molar-refractivity contribution in [3.8, 4) is 11.3 Å². The fourth-order valence-corrected chi connectivity index (χ4v) is 2.98. The molecule has 0 saturated carbocycles. The Morgan fingerprint density at radius 1 is 1.04 bits per heavy atom. The second-order valence-corrected chi connectivity index (χ2v) is 6.56. The summed E-state index contributed by atoms with van der Waals surface area (Å²) in [6.45, 7) is 1.60. The Morgan fingerprint density at radius 2 is 1.69 bits per heavy atom. The summed E-state index contributed by atoms with van der Waals surface area (Å²) in [5.41, 5.74) is 1.55. The monoisotopic (exact) mass is 387 g/mol. The topological polar surface area (TPSA) is 64.0 Å². The molecule has 0 fully saturated rings. The number of aromatic nitrogens is 2. The first-order chi connectivity index (χ1) is 12.4. The van der Waals surface area contributed by atoms with Crippen molar-refractivity contribution in [1.82, 2.24) is 9.78 Å². The highest BCUT2D eigenvalue weighted by molar-refractivity contribution is 6.35. The van der Waals surface area contributed by atoms with Crippen LogP contribution < -0.4 is 10.9 Å². The van der Waals surface area contributed by atoms with Gasteiger partial charge in [-0.05, 0) is 31.2 Å². The summed E-state index contributed by atoms with van der Waals surface area (Å²) in [6, 6.07) is 16.4. The second kappa shape index (κ2) is 7.72. The highest BCUT2D eigenvalue weighted by atomic mass is 35.5. The Hall–Kier alpha value is -2.63. The summed E-state index contributed by atoms with van der Waals surface area (Å²) in [6.07, 6.45) is 0. The molecule has 5 nitrogen and oxygen atoms in total. The van der Waals surface area contributed by atoms with E-state index in [1.165, 1.54) is 6.07 Å². The van der Waals surface area contributed by atoms with Crippen molar-refractivity contribution in [2.45, 2.75) is 13.0 Å². The van der Waals surface area contributed by atoms with Crippen LogP contribution in [0.3, 0.4) is 0 Å². The van der Waals surface area contributed by atoms with Crippen molar-refractivity contribution in [3.05, 3.63) is 81.1 Å². The van der Waals surface area contributed by atoms with E-state index < -0.39 is 11.9 Å². The van der Waals surface area contributed by atoms with Crippen LogP contribution in [0.4, 0.5) is 5.69 Å². The summed E-state index contributed by atoms with van der Waals surface area (Å²) in [4.78, 5) is 24.7. The second-order valence-electron chi connectivity index (χ2n) is 5.69. The lowest BCUT2D eigenvalue weighted by Gasteiger charge is -2.15. The molecule has 7 heteroatoms. The number of rotatable bonds is 4. The molecule has 1 N–H and O–H groups in total. The van der Waals surface area contributed by atoms with Crippen molar-refractivity contribution in [1.29, 1.82) is 0 Å². The highest BCUT2D eigenvalue weighted by Gasteiger charge is 2.18. The Kier molecular flexibility index (Phi) is 5.40. The molecule has 132 valence electrons. The fourth-order valence-electron chi connectivity index (χ4n) is 2.45. The van der Waals surface area contributed by atoms with Gasteiger partial charge in [0.2, 0.25) is 5.91 Å². The third kappa shape index (κ3) is 4.12. The molecule has 1 aromatic heterocycles. The Balaban J connectivity index is 1.88. The Morgan fingerprint density at radius 3 is 2.35 bits per heavy atom. The standard InChI is InChI=1S/C19H15Cl2N3O2/c1-12(19(26)22-16-10-14(20)9-15(21)11-16)24-18(25)8-7-17(23-24)13-5-3-2-4-6-13/h2-12H,1H3,(H,22,26). The van der Waals surface area contributed by atoms with E-state index in [-0.39, 0.29) is 5.56 Å². The van der Waals surface area contributed by atoms with Gasteiger partial charge in [0.1, 0.15) is 6.04 Å². The third-order valence-electron chi connectivity index (χ3n) is 3.77. The number of anilines is 1. The first-order valence-corrected chi connectivity index (χ1v) is 8.62. The van der Waals surface area contributed by atoms with Crippen molar-refractivity contribution in [2.75, 3.05) is 5.32 Å². The molecule has 1 heterocycles. The van der Waals surface area contributed by atoms with Gasteiger partial charge in [-0.3, -0.25) is 9.59 Å². The lowest BCUT2D eigenvalue weighted by molar-refractivity contribution is -0.119. The van der Waals surface area contributed by atoms with Crippen LogP contribution in [0.25, 0.3) is 11.3 Å². The van der Waals surface area contributed by atoms with Crippen molar-refractivity contribution < 1.29 is 4.79 Å². The van der Waals surface area contributed by atoms with Crippen LogP contribution in [0.15, 0.2) is 65.5 Å². The summed E-state index contributed by atoms with van der Waals surface area (Å²) >= 11 is 11.9. The van der Waals surface area contributed by atoms with Crippen LogP contribution >= 0.6 is 23.2 Å². The van der Waals surface area contributed by atoms with Crippen molar-refractivity contribution >= 4 is 34.8 Å². The average Bonchev–Trinajstić information content (AvgIpc) is 2.61. The van der Waals surface area contributed by atoms with Gasteiger partial charge in [0.25, 0.3) is 5.56 Å². The molecular weight excluding hydrogens is 373 g/mol. The number of nitrogens with zero attached hydrogens (tertiary/aromatic N) is 2. The SMILES string of the molecule is CC(C(=O)Nc1cc(Cl)cc(Cl)c1)n1nc(-c2ccccc2)ccc1=O. The van der Waals surface area contributed by atoms with Gasteiger partial charge in [0, 0.05) is 27.4 Å². The molecule has 0 bridgehead atoms. The molecular formula is C19H15Cl2N3O2. The van der Waals surface area contributed by atoms with E-state index in [0.29, 0.717) is 21.4 Å². The summed E-state index contributed by atoms with van der Waals surface area (Å²) in [5.74, 6) is -0.400. The number of amides is 1. The van der Waals surface area contributed by atoms with Crippen LogP contribution in [0.1, 0.15) is 13.0 Å². The largest absolute Gasteiger partial charge is 0.324 e. The number of carbonyl (C=O) groups is 1. The maximum Gasteiger partial charge on any atom is 0.267 e. The molecule has 0 aliphatic carbocycles. The number of benzene rings is 2. The minimum absolute atomic E-state index is 0.364. The minimum Gasteiger partial charge on any atom is -0.324 e. The smallest absolute Gasteiger partial charge is 0.267 e. The summed E-state index contributed by atoms with van der Waals surface area (Å²) in [7, 11) is 0. The third-order valence-corrected chi connectivity index (χ3v) is 4.21. The van der Waals surface area contributed by atoms with E-state index in [1.807, 2.05) is 30.3 Å². The van der Waals surface area contributed by atoms with Crippen LogP contribution in [-0.2, 0) is 4.79 Å². The zero-order chi connectivity index (χ0) is 18.7. The van der Waals surface area contributed by atoms with Crippen LogP contribution in [0.5, 0.6) is 0 Å². The van der Waals surface area contributed by atoms with Crippen LogP contribution in [-0.4, -0.2) is 15.7 Å². The molecule has 0 spiro atoms. The number of halogens is 2. The van der Waals surface area contributed by atoms with E-state index in [2.05, 4.69) is 10.4 Å². The molecule has 3 rings (SSSR count). The highest BCUT2D eigenvalue weighted by Crippen LogP contribution is 2.23. The van der Waals surface area contributed by atoms with Gasteiger partial charge < -0.3 is 5.32 Å². The maximum atomic E-state index is 12.5. The molecule has 2 aromatic carbocycles. The predicted octanol–water partition coefficient (Wildman–Crippen LogP) is 4.42. The van der Waals surface area contributed by atoms with Gasteiger partial charge >= 0.3 is 0 Å². The van der Waals surface area contributed by atoms with Gasteiger partial charge in [-0.2, -0.15) is 5.10 Å². The maximum absolute atomic E-state index is 12.5. The van der Waals surface area contributed by atoms with Crippen LogP contribution in [0.2, 0.25) is 10.0 Å². The van der Waals surface area contributed by atoms with E-state index >= 15 is 0 Å². The normalized spacial score (nSPS) is 11.8. The first-order valence-electron chi connectivity index (χ1n) is 7.86. The quantitative estimate of drug-likeness (QED) is 0.720. The van der Waals surface area contributed by atoms with Gasteiger partial charge in [-0.1, -0.05) is 53.5 Å². The average molecular weight is 388 g/mol. The number of hydrogen-bond acceptors (Lipinski definition) is 3. The lowest BCUT2D eigenvalue weighted by Crippen LogP contribution is -2.33. The molecule has 1 amide bonds. The zero-order valence-electron chi connectivity index (χ0n) is 13.8. The molecule has 0 radical (unpaired) electrons. The van der Waals surface area contributed by atoms with Gasteiger partial charge in [-0.15, -0.1) is 0 Å².